The topological polar surface area (TPSA) is 103 Å². The molecule has 1 atom stereocenters. The van der Waals surface area contributed by atoms with Crippen molar-refractivity contribution in [2.24, 2.45) is 12.8 Å². The molecule has 7 nitrogen and oxygen atoms in total. The van der Waals surface area contributed by atoms with E-state index in [0.717, 1.165) is 6.07 Å². The van der Waals surface area contributed by atoms with E-state index in [4.69, 9.17) is 5.73 Å². The van der Waals surface area contributed by atoms with Crippen LogP contribution in [0.1, 0.15) is 24.4 Å². The molecule has 114 valence electrons. The maximum Gasteiger partial charge on any atom is 0.241 e. The van der Waals surface area contributed by atoms with Crippen LogP contribution in [0, 0.1) is 5.82 Å². The van der Waals surface area contributed by atoms with Gasteiger partial charge in [-0.2, -0.15) is 0 Å². The van der Waals surface area contributed by atoms with E-state index < -0.39 is 21.9 Å². The summed E-state index contributed by atoms with van der Waals surface area (Å²) in [6, 6.07) is 2.93. The fourth-order valence-corrected chi connectivity index (χ4v) is 3.16. The molecule has 1 aromatic carbocycles. The van der Waals surface area contributed by atoms with Crippen molar-refractivity contribution in [3.8, 4) is 0 Å². The molecule has 9 heteroatoms. The van der Waals surface area contributed by atoms with E-state index in [9.17, 15) is 12.8 Å². The average Bonchev–Trinajstić information content (AvgIpc) is 2.85. The fourth-order valence-electron chi connectivity index (χ4n) is 1.91. The molecule has 0 saturated carbocycles. The zero-order valence-corrected chi connectivity index (χ0v) is 12.4. The fraction of sp³-hybridized carbons (Fsp3) is 0.333. The Balaban J connectivity index is 2.28. The van der Waals surface area contributed by atoms with Gasteiger partial charge in [-0.25, -0.2) is 17.5 Å². The van der Waals surface area contributed by atoms with Gasteiger partial charge in [0.15, 0.2) is 0 Å². The highest BCUT2D eigenvalue weighted by Gasteiger charge is 2.21. The Hall–Kier alpha value is -1.84. The number of nitrogens with zero attached hydrogens (tertiary/aromatic N) is 3. The number of nitrogens with two attached hydrogens (primary N) is 1. The maximum atomic E-state index is 13.4. The third-order valence-electron chi connectivity index (χ3n) is 3.01. The van der Waals surface area contributed by atoms with E-state index in [-0.39, 0.29) is 17.0 Å². The van der Waals surface area contributed by atoms with Gasteiger partial charge in [0.05, 0.1) is 10.9 Å². The van der Waals surface area contributed by atoms with Gasteiger partial charge in [0.2, 0.25) is 10.0 Å². The molecular formula is C12H16FN5O2S. The highest BCUT2D eigenvalue weighted by molar-refractivity contribution is 7.89. The molecule has 0 radical (unpaired) electrons. The first-order chi connectivity index (χ1) is 9.85. The van der Waals surface area contributed by atoms with Crippen LogP contribution in [0.4, 0.5) is 4.39 Å². The Morgan fingerprint density at radius 2 is 2.19 bits per heavy atom. The lowest BCUT2D eigenvalue weighted by Crippen LogP contribution is -2.28. The van der Waals surface area contributed by atoms with Crippen molar-refractivity contribution < 1.29 is 12.8 Å². The number of sulfonamides is 1. The summed E-state index contributed by atoms with van der Waals surface area (Å²) in [6.45, 7) is 1.57. The quantitative estimate of drug-likeness (QED) is 0.834. The highest BCUT2D eigenvalue weighted by atomic mass is 32.2. The van der Waals surface area contributed by atoms with Crippen LogP contribution >= 0.6 is 0 Å². The van der Waals surface area contributed by atoms with Gasteiger partial charge in [0.1, 0.15) is 18.0 Å². The van der Waals surface area contributed by atoms with Gasteiger partial charge in [-0.3, -0.25) is 0 Å². The van der Waals surface area contributed by atoms with E-state index in [0.29, 0.717) is 5.82 Å². The monoisotopic (exact) mass is 313 g/mol. The number of aromatic nitrogens is 3. The molecule has 0 fully saturated rings. The summed E-state index contributed by atoms with van der Waals surface area (Å²) in [5, 5.41) is 7.54. The summed E-state index contributed by atoms with van der Waals surface area (Å²) in [7, 11) is -2.09. The van der Waals surface area contributed by atoms with Crippen LogP contribution in [0.2, 0.25) is 0 Å². The Morgan fingerprint density at radius 3 is 2.76 bits per heavy atom. The molecule has 0 aliphatic rings. The van der Waals surface area contributed by atoms with Crippen molar-refractivity contribution in [2.75, 3.05) is 0 Å². The predicted octanol–water partition coefficient (Wildman–Crippen LogP) is 0.452. The van der Waals surface area contributed by atoms with Gasteiger partial charge in [0.25, 0.3) is 0 Å². The van der Waals surface area contributed by atoms with E-state index >= 15 is 0 Å². The van der Waals surface area contributed by atoms with Gasteiger partial charge in [-0.15, -0.1) is 10.2 Å². The number of hydrogen-bond donors (Lipinski definition) is 2. The minimum Gasteiger partial charge on any atom is -0.326 e. The second-order valence-electron chi connectivity index (χ2n) is 4.60. The summed E-state index contributed by atoms with van der Waals surface area (Å²) in [6.07, 6.45) is 1.48. The molecule has 0 aliphatic heterocycles. The van der Waals surface area contributed by atoms with Gasteiger partial charge < -0.3 is 10.3 Å². The third-order valence-corrected chi connectivity index (χ3v) is 4.55. The van der Waals surface area contributed by atoms with E-state index in [2.05, 4.69) is 14.9 Å². The van der Waals surface area contributed by atoms with E-state index in [1.807, 2.05) is 0 Å². The Bertz CT molecular complexity index is 744. The summed E-state index contributed by atoms with van der Waals surface area (Å²) < 4.78 is 42.1. The highest BCUT2D eigenvalue weighted by Crippen LogP contribution is 2.17. The van der Waals surface area contributed by atoms with Crippen LogP contribution in [-0.2, 0) is 23.6 Å². The number of rotatable bonds is 5. The van der Waals surface area contributed by atoms with Crippen molar-refractivity contribution in [3.63, 3.8) is 0 Å². The minimum atomic E-state index is -3.80. The second kappa shape index (κ2) is 5.88. The van der Waals surface area contributed by atoms with Crippen LogP contribution < -0.4 is 10.5 Å². The van der Waals surface area contributed by atoms with Gasteiger partial charge in [-0.1, -0.05) is 0 Å². The molecule has 1 aromatic heterocycles. The SMILES string of the molecule is CC(NS(=O)(=O)c1ccc(F)c(CN)c1)c1nncn1C. The summed E-state index contributed by atoms with van der Waals surface area (Å²) in [5.74, 6) is -0.0578. The van der Waals surface area contributed by atoms with Crippen LogP contribution in [0.25, 0.3) is 0 Å². The molecule has 2 rings (SSSR count). The number of aryl methyl sites for hydroxylation is 1. The molecule has 0 spiro atoms. The first-order valence-corrected chi connectivity index (χ1v) is 7.68. The smallest absolute Gasteiger partial charge is 0.241 e. The number of halogens is 1. The lowest BCUT2D eigenvalue weighted by Gasteiger charge is -2.14. The molecule has 21 heavy (non-hydrogen) atoms. The molecule has 3 N–H and O–H groups in total. The second-order valence-corrected chi connectivity index (χ2v) is 6.31. The number of nitrogens with one attached hydrogen (secondary N) is 1. The molecule has 2 aromatic rings. The third kappa shape index (κ3) is 3.26. The van der Waals surface area contributed by atoms with E-state index in [1.165, 1.54) is 18.5 Å². The predicted molar refractivity (Wildman–Crippen MR) is 74.0 cm³/mol. The van der Waals surface area contributed by atoms with Crippen molar-refractivity contribution in [2.45, 2.75) is 24.4 Å². The zero-order valence-electron chi connectivity index (χ0n) is 11.6. The maximum absolute atomic E-state index is 13.4. The Kier molecular flexibility index (Phi) is 4.35. The van der Waals surface area contributed by atoms with Crippen molar-refractivity contribution in [3.05, 3.63) is 41.7 Å². The summed E-state index contributed by atoms with van der Waals surface area (Å²) in [5.41, 5.74) is 5.53. The van der Waals surface area contributed by atoms with Crippen molar-refractivity contribution >= 4 is 10.0 Å². The summed E-state index contributed by atoms with van der Waals surface area (Å²) in [4.78, 5) is -0.0432. The van der Waals surface area contributed by atoms with Crippen molar-refractivity contribution in [1.29, 1.82) is 0 Å². The van der Waals surface area contributed by atoms with Gasteiger partial charge in [-0.05, 0) is 25.1 Å². The number of benzene rings is 1. The molecule has 0 amide bonds. The first-order valence-electron chi connectivity index (χ1n) is 6.20. The molecule has 1 heterocycles. The lowest BCUT2D eigenvalue weighted by atomic mass is 10.2. The van der Waals surface area contributed by atoms with Crippen LogP contribution in [-0.4, -0.2) is 23.2 Å². The average molecular weight is 313 g/mol. The summed E-state index contributed by atoms with van der Waals surface area (Å²) >= 11 is 0. The van der Waals surface area contributed by atoms with Crippen LogP contribution in [0.5, 0.6) is 0 Å². The Morgan fingerprint density at radius 1 is 1.48 bits per heavy atom. The lowest BCUT2D eigenvalue weighted by molar-refractivity contribution is 0.552. The minimum absolute atomic E-state index is 0.0432. The standard InChI is InChI=1S/C12H16FN5O2S/c1-8(12-16-15-7-18(12)2)17-21(19,20)10-3-4-11(13)9(5-10)6-14/h3-5,7-8,17H,6,14H2,1-2H3. The molecule has 0 aliphatic carbocycles. The van der Waals surface area contributed by atoms with Crippen LogP contribution in [0.15, 0.2) is 29.4 Å². The van der Waals surface area contributed by atoms with Crippen LogP contribution in [0.3, 0.4) is 0 Å². The molecular weight excluding hydrogens is 297 g/mol. The first kappa shape index (κ1) is 15.5. The van der Waals surface area contributed by atoms with Gasteiger partial charge >= 0.3 is 0 Å². The zero-order chi connectivity index (χ0) is 15.6. The Labute approximate surface area is 122 Å². The van der Waals surface area contributed by atoms with Gasteiger partial charge in [0, 0.05) is 19.2 Å². The normalized spacial score (nSPS) is 13.3. The van der Waals surface area contributed by atoms with Crippen molar-refractivity contribution in [1.82, 2.24) is 19.5 Å². The van der Waals surface area contributed by atoms with E-state index in [1.54, 1.807) is 18.5 Å². The largest absolute Gasteiger partial charge is 0.326 e. The molecule has 1 unspecified atom stereocenters. The molecule has 0 saturated heterocycles. The number of hydrogen-bond acceptors (Lipinski definition) is 5. The molecule has 0 bridgehead atoms.